The minimum absolute atomic E-state index is 0.739. The molecule has 2 N–H and O–H groups in total. The van der Waals surface area contributed by atoms with Crippen molar-refractivity contribution in [3.63, 3.8) is 0 Å². The molecule has 0 aromatic heterocycles. The molecule has 25 heavy (non-hydrogen) atoms. The summed E-state index contributed by atoms with van der Waals surface area (Å²) in [7, 11) is -2.42. The highest BCUT2D eigenvalue weighted by Gasteiger charge is 2.33. The van der Waals surface area contributed by atoms with Gasteiger partial charge in [-0.15, -0.1) is 0 Å². The van der Waals surface area contributed by atoms with Crippen LogP contribution in [0.5, 0.6) is 0 Å². The molecular formula is C20H22BNO3. The second kappa shape index (κ2) is 9.15. The highest BCUT2D eigenvalue weighted by atomic mass is 16.5. The Balaban J connectivity index is 0.000000511. The van der Waals surface area contributed by atoms with Gasteiger partial charge in [0.2, 0.25) is 0 Å². The first-order valence-electron chi connectivity index (χ1n) is 8.18. The van der Waals surface area contributed by atoms with Crippen molar-refractivity contribution in [2.24, 2.45) is 0 Å². The Morgan fingerprint density at radius 3 is 1.12 bits per heavy atom. The van der Waals surface area contributed by atoms with E-state index in [4.69, 9.17) is 15.1 Å². The van der Waals surface area contributed by atoms with E-state index in [1.165, 1.54) is 17.1 Å². The van der Waals surface area contributed by atoms with Crippen LogP contribution in [-0.4, -0.2) is 23.9 Å². The Labute approximate surface area is 149 Å². The summed E-state index contributed by atoms with van der Waals surface area (Å²) in [6.07, 6.45) is 0. The molecule has 0 amide bonds. The highest BCUT2D eigenvalue weighted by Crippen LogP contribution is 2.42. The Morgan fingerprint density at radius 2 is 0.920 bits per heavy atom. The van der Waals surface area contributed by atoms with Gasteiger partial charge in [0.05, 0.1) is 6.54 Å². The molecule has 0 spiro atoms. The van der Waals surface area contributed by atoms with Crippen molar-refractivity contribution in [1.29, 1.82) is 0 Å². The number of hydrogen-bond donors (Lipinski definition) is 2. The lowest BCUT2D eigenvalue weighted by molar-refractivity contribution is -0.242. The van der Waals surface area contributed by atoms with Crippen molar-refractivity contribution in [2.45, 2.75) is 6.92 Å². The van der Waals surface area contributed by atoms with Gasteiger partial charge in [-0.25, -0.2) is 4.48 Å². The second-order valence-electron chi connectivity index (χ2n) is 5.46. The van der Waals surface area contributed by atoms with Crippen molar-refractivity contribution in [1.82, 2.24) is 4.48 Å². The van der Waals surface area contributed by atoms with E-state index >= 15 is 0 Å². The summed E-state index contributed by atoms with van der Waals surface area (Å²) in [5.41, 5.74) is 3.87. The van der Waals surface area contributed by atoms with Crippen molar-refractivity contribution in [3.05, 3.63) is 91.0 Å². The Morgan fingerprint density at radius 1 is 0.680 bits per heavy atom. The quantitative estimate of drug-likeness (QED) is 0.569. The average molecular weight is 335 g/mol. The third-order valence-corrected chi connectivity index (χ3v) is 4.07. The summed E-state index contributed by atoms with van der Waals surface area (Å²) in [6, 6.07) is 32.2. The summed E-state index contributed by atoms with van der Waals surface area (Å²) in [4.78, 5) is 0. The smallest absolute Gasteiger partial charge is 0.339 e. The van der Waals surface area contributed by atoms with E-state index in [9.17, 15) is 0 Å². The van der Waals surface area contributed by atoms with Crippen molar-refractivity contribution < 1.29 is 15.1 Å². The van der Waals surface area contributed by atoms with Gasteiger partial charge in [-0.3, -0.25) is 0 Å². The first-order chi connectivity index (χ1) is 12.1. The number of benzene rings is 3. The molecule has 0 aliphatic carbocycles. The number of quaternary nitrogens is 1. The zero-order valence-corrected chi connectivity index (χ0v) is 14.2. The molecule has 0 saturated heterocycles. The van der Waals surface area contributed by atoms with Gasteiger partial charge < -0.3 is 15.1 Å². The predicted octanol–water partition coefficient (Wildman–Crippen LogP) is 2.99. The van der Waals surface area contributed by atoms with Crippen LogP contribution in [0.25, 0.3) is 0 Å². The summed E-state index contributed by atoms with van der Waals surface area (Å²) >= 11 is 0. The Hall–Kier alpha value is -2.44. The Bertz CT molecular complexity index is 637. The van der Waals surface area contributed by atoms with E-state index < -0.39 is 7.32 Å². The fraction of sp³-hybridized carbons (Fsp3) is 0.100. The lowest BCUT2D eigenvalue weighted by Gasteiger charge is -2.36. The fourth-order valence-electron chi connectivity index (χ4n) is 3.04. The third kappa shape index (κ3) is 4.56. The molecule has 0 aliphatic rings. The molecule has 0 saturated carbocycles. The van der Waals surface area contributed by atoms with Gasteiger partial charge in [-0.2, -0.15) is 0 Å². The minimum Gasteiger partial charge on any atom is -0.832 e. The molecule has 0 unspecified atom stereocenters. The third-order valence-electron chi connectivity index (χ3n) is 4.07. The lowest BCUT2D eigenvalue weighted by atomic mass is 10.1. The summed E-state index contributed by atoms with van der Waals surface area (Å²) in [6.45, 7) is 3.21. The fourth-order valence-corrected chi connectivity index (χ4v) is 3.04. The standard InChI is InChI=1S/C20H20N.BH2O3/c1-2-21(18-12-6-3-7-13-18,19-14-8-4-9-15-19)20-16-10-5-11-17-20;2-1(3)4/h3-17H,2H2,1H3;2-3H/q+1;-1. The van der Waals surface area contributed by atoms with Crippen LogP contribution in [-0.2, 0) is 0 Å². The maximum absolute atomic E-state index is 8.64. The van der Waals surface area contributed by atoms with Crippen LogP contribution in [0.3, 0.4) is 0 Å². The number of para-hydroxylation sites is 3. The van der Waals surface area contributed by atoms with Crippen molar-refractivity contribution in [3.8, 4) is 0 Å². The molecule has 5 heteroatoms. The molecule has 0 bridgehead atoms. The SMILES string of the molecule is CC[N+](c1ccccc1)(c1ccccc1)c1ccccc1.[O-]B(O)O. The van der Waals surface area contributed by atoms with Crippen molar-refractivity contribution >= 4 is 24.4 Å². The predicted molar refractivity (Wildman–Crippen MR) is 101 cm³/mol. The second-order valence-corrected chi connectivity index (χ2v) is 5.46. The van der Waals surface area contributed by atoms with Gasteiger partial charge in [-0.05, 0) is 43.3 Å². The zero-order valence-electron chi connectivity index (χ0n) is 14.2. The van der Waals surface area contributed by atoms with Crippen LogP contribution in [0, 0.1) is 0 Å². The highest BCUT2D eigenvalue weighted by molar-refractivity contribution is 6.28. The first-order valence-corrected chi connectivity index (χ1v) is 8.18. The van der Waals surface area contributed by atoms with Gasteiger partial charge in [0.1, 0.15) is 17.1 Å². The average Bonchev–Trinajstić information content (AvgIpc) is 2.65. The molecule has 128 valence electrons. The zero-order chi connectivity index (χ0) is 18.1. The monoisotopic (exact) mass is 335 g/mol. The van der Waals surface area contributed by atoms with E-state index in [0.29, 0.717) is 0 Å². The van der Waals surface area contributed by atoms with Gasteiger partial charge in [-0.1, -0.05) is 54.6 Å². The van der Waals surface area contributed by atoms with Crippen LogP contribution in [0.1, 0.15) is 6.92 Å². The maximum atomic E-state index is 8.64. The van der Waals surface area contributed by atoms with Crippen LogP contribution in [0.4, 0.5) is 17.1 Å². The van der Waals surface area contributed by atoms with Gasteiger partial charge in [0, 0.05) is 0 Å². The summed E-state index contributed by atoms with van der Waals surface area (Å²) in [5.74, 6) is 0. The maximum Gasteiger partial charge on any atom is 0.339 e. The van der Waals surface area contributed by atoms with Crippen molar-refractivity contribution in [2.75, 3.05) is 6.54 Å². The molecule has 3 aromatic rings. The molecule has 4 nitrogen and oxygen atoms in total. The van der Waals surface area contributed by atoms with Crippen LogP contribution < -0.4 is 9.51 Å². The largest absolute Gasteiger partial charge is 0.832 e. The molecule has 3 aromatic carbocycles. The van der Waals surface area contributed by atoms with E-state index in [0.717, 1.165) is 11.0 Å². The first kappa shape index (κ1) is 18.9. The summed E-state index contributed by atoms with van der Waals surface area (Å²) in [5, 5.41) is 22.8. The van der Waals surface area contributed by atoms with Gasteiger partial charge >= 0.3 is 7.32 Å². The van der Waals surface area contributed by atoms with Crippen LogP contribution in [0.2, 0.25) is 0 Å². The molecule has 3 rings (SSSR count). The normalized spacial score (nSPS) is 10.6. The molecule has 0 aliphatic heterocycles. The minimum atomic E-state index is -2.42. The van der Waals surface area contributed by atoms with E-state index in [1.807, 2.05) is 0 Å². The van der Waals surface area contributed by atoms with E-state index in [1.54, 1.807) is 0 Å². The molecular weight excluding hydrogens is 313 g/mol. The van der Waals surface area contributed by atoms with E-state index in [2.05, 4.69) is 97.9 Å². The van der Waals surface area contributed by atoms with E-state index in [-0.39, 0.29) is 0 Å². The molecule has 0 radical (unpaired) electrons. The van der Waals surface area contributed by atoms with Gasteiger partial charge in [0.15, 0.2) is 0 Å². The van der Waals surface area contributed by atoms with Crippen LogP contribution in [0.15, 0.2) is 91.0 Å². The summed E-state index contributed by atoms with van der Waals surface area (Å²) < 4.78 is 0.739. The molecule has 0 heterocycles. The number of rotatable bonds is 4. The van der Waals surface area contributed by atoms with Crippen LogP contribution >= 0.6 is 0 Å². The number of nitrogens with zero attached hydrogens (tertiary/aromatic N) is 1. The Kier molecular flexibility index (Phi) is 6.92. The molecule has 0 fully saturated rings. The molecule has 0 atom stereocenters. The lowest BCUT2D eigenvalue weighted by Crippen LogP contribution is -2.38. The number of hydrogen-bond acceptors (Lipinski definition) is 3. The topological polar surface area (TPSA) is 63.5 Å². The van der Waals surface area contributed by atoms with Gasteiger partial charge in [0.25, 0.3) is 0 Å².